The fraction of sp³-hybridized carbons (Fsp3) is 0.0556. The fourth-order valence-corrected chi connectivity index (χ4v) is 3.25. The molecule has 1 radical (unpaired) electrons. The second-order valence-corrected chi connectivity index (χ2v) is 5.56. The number of nitrogens with zero attached hydrogens (tertiary/aromatic N) is 1. The zero-order valence-electron chi connectivity index (χ0n) is 10.8. The molecule has 0 saturated carbocycles. The third-order valence-corrected chi connectivity index (χ3v) is 4.28. The van der Waals surface area contributed by atoms with Gasteiger partial charge in [0.25, 0.3) is 0 Å². The molecule has 0 aliphatic heterocycles. The van der Waals surface area contributed by atoms with Crippen molar-refractivity contribution in [2.24, 2.45) is 0 Å². The van der Waals surface area contributed by atoms with Gasteiger partial charge in [-0.3, -0.25) is 0 Å². The Hall–Kier alpha value is -2.19. The van der Waals surface area contributed by atoms with Crippen LogP contribution in [-0.2, 0) is 0 Å². The Labute approximate surface area is 121 Å². The molecule has 2 aliphatic carbocycles. The summed E-state index contributed by atoms with van der Waals surface area (Å²) in [5.74, 6) is 0.235. The van der Waals surface area contributed by atoms with Crippen molar-refractivity contribution in [2.75, 3.05) is 0 Å². The Kier molecular flexibility index (Phi) is 2.75. The Morgan fingerprint density at radius 2 is 1.95 bits per heavy atom. The molecule has 1 unspecified atom stereocenters. The van der Waals surface area contributed by atoms with E-state index >= 15 is 0 Å². The molecule has 20 heavy (non-hydrogen) atoms. The molecule has 4 rings (SSSR count). The highest BCUT2D eigenvalue weighted by Gasteiger charge is 2.20. The van der Waals surface area contributed by atoms with Crippen molar-refractivity contribution >= 4 is 23.5 Å². The van der Waals surface area contributed by atoms with E-state index in [1.54, 1.807) is 0 Å². The molecule has 0 saturated heterocycles. The van der Waals surface area contributed by atoms with Gasteiger partial charge < -0.3 is 0 Å². The first-order valence-corrected chi connectivity index (χ1v) is 7.49. The summed E-state index contributed by atoms with van der Waals surface area (Å²) >= 11 is 1.53. The van der Waals surface area contributed by atoms with Gasteiger partial charge in [-0.25, -0.2) is 4.98 Å². The van der Waals surface area contributed by atoms with E-state index < -0.39 is 0 Å². The number of fused-ring (bicyclic) bond motifs is 2. The van der Waals surface area contributed by atoms with Gasteiger partial charge in [0, 0.05) is 11.3 Å². The normalized spacial score (nSPS) is 19.7. The lowest BCUT2D eigenvalue weighted by atomic mass is 9.86. The summed E-state index contributed by atoms with van der Waals surface area (Å²) in [5, 5.41) is 4.61. The lowest BCUT2D eigenvalue weighted by Crippen LogP contribution is -2.22. The van der Waals surface area contributed by atoms with E-state index in [0.29, 0.717) is 0 Å². The minimum absolute atomic E-state index is 0.235. The van der Waals surface area contributed by atoms with Crippen molar-refractivity contribution < 1.29 is 0 Å². The average Bonchev–Trinajstić information content (AvgIpc) is 2.94. The van der Waals surface area contributed by atoms with Gasteiger partial charge in [-0.15, -0.1) is 11.3 Å². The molecular weight excluding hydrogens is 262 g/mol. The van der Waals surface area contributed by atoms with E-state index in [9.17, 15) is 0 Å². The summed E-state index contributed by atoms with van der Waals surface area (Å²) in [6.45, 7) is 0. The van der Waals surface area contributed by atoms with Crippen LogP contribution >= 0.6 is 11.3 Å². The van der Waals surface area contributed by atoms with Crippen LogP contribution < -0.4 is 10.4 Å². The van der Waals surface area contributed by atoms with Gasteiger partial charge in [0.2, 0.25) is 0 Å². The van der Waals surface area contributed by atoms with E-state index in [4.69, 9.17) is 0 Å². The molecule has 2 heteroatoms. The zero-order valence-corrected chi connectivity index (χ0v) is 11.6. The molecule has 0 bridgehead atoms. The van der Waals surface area contributed by atoms with Gasteiger partial charge in [0.1, 0.15) is 0 Å². The number of allylic oxidation sites excluding steroid dienone is 6. The highest BCUT2D eigenvalue weighted by molar-refractivity contribution is 7.07. The molecule has 1 aromatic heterocycles. The van der Waals surface area contributed by atoms with Crippen LogP contribution in [0.1, 0.15) is 11.6 Å². The van der Waals surface area contributed by atoms with Gasteiger partial charge in [0.15, 0.2) is 5.51 Å². The van der Waals surface area contributed by atoms with Crippen LogP contribution in [0.2, 0.25) is 0 Å². The van der Waals surface area contributed by atoms with Crippen molar-refractivity contribution in [1.82, 2.24) is 4.98 Å². The lowest BCUT2D eigenvalue weighted by Gasteiger charge is -2.19. The highest BCUT2D eigenvalue weighted by atomic mass is 32.1. The number of aromatic nitrogens is 1. The van der Waals surface area contributed by atoms with Crippen LogP contribution in [0.3, 0.4) is 0 Å². The number of rotatable bonds is 1. The Bertz CT molecular complexity index is 851. The molecule has 1 atom stereocenters. The van der Waals surface area contributed by atoms with Crippen molar-refractivity contribution in [1.29, 1.82) is 0 Å². The second kappa shape index (κ2) is 4.73. The molecule has 1 heterocycles. The van der Waals surface area contributed by atoms with Crippen LogP contribution in [0.4, 0.5) is 0 Å². The van der Waals surface area contributed by atoms with Gasteiger partial charge in [-0.05, 0) is 27.7 Å². The van der Waals surface area contributed by atoms with Crippen LogP contribution in [0, 0.1) is 5.51 Å². The molecule has 95 valence electrons. The molecule has 0 amide bonds. The lowest BCUT2D eigenvalue weighted by molar-refractivity contribution is 0.955. The Morgan fingerprint density at radius 1 is 1.05 bits per heavy atom. The van der Waals surface area contributed by atoms with E-state index in [1.165, 1.54) is 32.9 Å². The van der Waals surface area contributed by atoms with E-state index in [1.807, 2.05) is 0 Å². The van der Waals surface area contributed by atoms with Crippen molar-refractivity contribution in [3.63, 3.8) is 0 Å². The van der Waals surface area contributed by atoms with Crippen LogP contribution in [-0.4, -0.2) is 4.98 Å². The first-order chi connectivity index (χ1) is 9.92. The molecule has 1 nitrogen and oxygen atoms in total. The molecule has 2 aliphatic rings. The van der Waals surface area contributed by atoms with Gasteiger partial charge >= 0.3 is 0 Å². The van der Waals surface area contributed by atoms with Gasteiger partial charge in [0.05, 0.1) is 5.69 Å². The standard InChI is InChI=1S/C18H12NS/c1-2-5-14-10-15-6-3-7-17(18-11-20-12-19-18)16(15)9-8-13(14)4-1/h1-11,17H. The second-order valence-electron chi connectivity index (χ2n) is 4.91. The van der Waals surface area contributed by atoms with Crippen molar-refractivity contribution in [3.05, 3.63) is 86.7 Å². The third kappa shape index (κ3) is 1.89. The summed E-state index contributed by atoms with van der Waals surface area (Å²) in [6.07, 6.45) is 13.2. The smallest absolute Gasteiger partial charge is 0.152 e. The largest absolute Gasteiger partial charge is 0.238 e. The number of hydrogen-bond acceptors (Lipinski definition) is 2. The highest BCUT2D eigenvalue weighted by Crippen LogP contribution is 2.34. The summed E-state index contributed by atoms with van der Waals surface area (Å²) in [4.78, 5) is 4.36. The molecule has 0 fully saturated rings. The van der Waals surface area contributed by atoms with Crippen molar-refractivity contribution in [2.45, 2.75) is 5.92 Å². The first kappa shape index (κ1) is 11.6. The summed E-state index contributed by atoms with van der Waals surface area (Å²) in [6, 6.07) is 8.48. The van der Waals surface area contributed by atoms with E-state index in [-0.39, 0.29) is 5.92 Å². The van der Waals surface area contributed by atoms with E-state index in [0.717, 1.165) is 5.69 Å². The number of hydrogen-bond donors (Lipinski definition) is 0. The van der Waals surface area contributed by atoms with Crippen LogP contribution in [0.25, 0.3) is 12.2 Å². The minimum Gasteiger partial charge on any atom is -0.238 e. The predicted octanol–water partition coefficient (Wildman–Crippen LogP) is 2.72. The van der Waals surface area contributed by atoms with Crippen molar-refractivity contribution in [3.8, 4) is 0 Å². The average molecular weight is 274 g/mol. The molecular formula is C18H12NS. The Balaban J connectivity index is 1.91. The molecule has 1 aromatic carbocycles. The maximum absolute atomic E-state index is 4.36. The zero-order chi connectivity index (χ0) is 13.4. The van der Waals surface area contributed by atoms with Crippen LogP contribution in [0.15, 0.2) is 65.1 Å². The maximum atomic E-state index is 4.36. The fourth-order valence-electron chi connectivity index (χ4n) is 2.72. The third-order valence-electron chi connectivity index (χ3n) is 3.72. The number of thiazole rings is 1. The monoisotopic (exact) mass is 274 g/mol. The SMILES string of the molecule is [c]1nc(C2C=CC=C3C=c4ccccc4=CC=C32)cs1. The summed E-state index contributed by atoms with van der Waals surface area (Å²) < 4.78 is 0. The quantitative estimate of drug-likeness (QED) is 0.779. The maximum Gasteiger partial charge on any atom is 0.152 e. The van der Waals surface area contributed by atoms with Gasteiger partial charge in [-0.2, -0.15) is 0 Å². The topological polar surface area (TPSA) is 12.9 Å². The summed E-state index contributed by atoms with van der Waals surface area (Å²) in [7, 11) is 0. The minimum atomic E-state index is 0.235. The number of benzene rings is 1. The first-order valence-electron chi connectivity index (χ1n) is 6.61. The Morgan fingerprint density at radius 3 is 2.80 bits per heavy atom. The molecule has 0 spiro atoms. The predicted molar refractivity (Wildman–Crippen MR) is 83.6 cm³/mol. The summed E-state index contributed by atoms with van der Waals surface area (Å²) in [5.41, 5.74) is 6.60. The molecule has 0 N–H and O–H groups in total. The van der Waals surface area contributed by atoms with E-state index in [2.05, 4.69) is 76.6 Å². The van der Waals surface area contributed by atoms with Crippen LogP contribution in [0.5, 0.6) is 0 Å². The van der Waals surface area contributed by atoms with Gasteiger partial charge in [-0.1, -0.05) is 54.6 Å². The molecule has 2 aromatic rings.